The highest BCUT2D eigenvalue weighted by molar-refractivity contribution is 5.48. The van der Waals surface area contributed by atoms with Crippen LogP contribution in [0.5, 0.6) is 11.5 Å². The molecule has 0 amide bonds. The molecule has 0 fully saturated rings. The van der Waals surface area contributed by atoms with E-state index in [0.717, 1.165) is 22.6 Å². The zero-order valence-corrected chi connectivity index (χ0v) is 12.0. The van der Waals surface area contributed by atoms with Crippen LogP contribution >= 0.6 is 0 Å². The summed E-state index contributed by atoms with van der Waals surface area (Å²) in [6, 6.07) is 15.5. The van der Waals surface area contributed by atoms with Crippen LogP contribution in [0, 0.1) is 0 Å². The maximum atomic E-state index is 10.5. The van der Waals surface area contributed by atoms with Crippen LogP contribution in [-0.2, 0) is 12.1 Å². The molecule has 2 aromatic rings. The summed E-state index contributed by atoms with van der Waals surface area (Å²) in [5.41, 5.74) is 1.03. The van der Waals surface area contributed by atoms with E-state index in [1.165, 1.54) is 0 Å². The van der Waals surface area contributed by atoms with Gasteiger partial charge in [-0.25, -0.2) is 0 Å². The topological polar surface area (TPSA) is 50.7 Å². The van der Waals surface area contributed by atoms with Gasteiger partial charge in [-0.3, -0.25) is 0 Å². The maximum Gasteiger partial charge on any atom is 0.231 e. The first-order chi connectivity index (χ1) is 10.2. The number of nitrogens with one attached hydrogen (secondary N) is 1. The molecule has 2 aromatic carbocycles. The van der Waals surface area contributed by atoms with Crippen LogP contribution < -0.4 is 14.8 Å². The van der Waals surface area contributed by atoms with Gasteiger partial charge in [-0.15, -0.1) is 0 Å². The average molecular weight is 285 g/mol. The minimum absolute atomic E-state index is 0.272. The fraction of sp³-hybridized carbons (Fsp3) is 0.294. The molecule has 3 rings (SSSR count). The van der Waals surface area contributed by atoms with Crippen LogP contribution in [0.15, 0.2) is 48.5 Å². The van der Waals surface area contributed by atoms with Gasteiger partial charge < -0.3 is 19.9 Å². The summed E-state index contributed by atoms with van der Waals surface area (Å²) >= 11 is 0. The molecule has 0 aromatic heterocycles. The van der Waals surface area contributed by atoms with Crippen LogP contribution in [0.3, 0.4) is 0 Å². The van der Waals surface area contributed by atoms with E-state index in [1.807, 2.05) is 55.5 Å². The van der Waals surface area contributed by atoms with E-state index in [9.17, 15) is 5.11 Å². The molecule has 1 aliphatic rings. The second kappa shape index (κ2) is 5.76. The minimum atomic E-state index is -0.906. The Kier molecular flexibility index (Phi) is 3.82. The van der Waals surface area contributed by atoms with Crippen molar-refractivity contribution in [3.63, 3.8) is 0 Å². The lowest BCUT2D eigenvalue weighted by atomic mass is 9.96. The molecule has 4 heteroatoms. The van der Waals surface area contributed by atoms with Gasteiger partial charge in [-0.05, 0) is 18.6 Å². The number of rotatable bonds is 5. The third-order valence-electron chi connectivity index (χ3n) is 3.66. The Bertz CT molecular complexity index is 611. The monoisotopic (exact) mass is 285 g/mol. The molecule has 1 unspecified atom stereocenters. The number of hydrogen-bond donors (Lipinski definition) is 2. The molecule has 4 nitrogen and oxygen atoms in total. The van der Waals surface area contributed by atoms with Crippen molar-refractivity contribution in [1.82, 2.24) is 5.32 Å². The second-order valence-electron chi connectivity index (χ2n) is 5.39. The zero-order valence-electron chi connectivity index (χ0n) is 12.0. The maximum absolute atomic E-state index is 10.5. The molecule has 21 heavy (non-hydrogen) atoms. The zero-order chi connectivity index (χ0) is 14.7. The first-order valence-electron chi connectivity index (χ1n) is 7.03. The summed E-state index contributed by atoms with van der Waals surface area (Å²) in [4.78, 5) is 0. The van der Waals surface area contributed by atoms with Crippen molar-refractivity contribution in [2.24, 2.45) is 0 Å². The molecule has 110 valence electrons. The smallest absolute Gasteiger partial charge is 0.231 e. The molecule has 2 N–H and O–H groups in total. The van der Waals surface area contributed by atoms with E-state index < -0.39 is 5.60 Å². The lowest BCUT2D eigenvalue weighted by Gasteiger charge is -2.24. The summed E-state index contributed by atoms with van der Waals surface area (Å²) in [5, 5.41) is 13.8. The Labute approximate surface area is 124 Å². The van der Waals surface area contributed by atoms with Crippen LogP contribution in [0.2, 0.25) is 0 Å². The van der Waals surface area contributed by atoms with Gasteiger partial charge in [-0.2, -0.15) is 0 Å². The lowest BCUT2D eigenvalue weighted by molar-refractivity contribution is 0.0566. The van der Waals surface area contributed by atoms with Crippen LogP contribution in [-0.4, -0.2) is 18.4 Å². The predicted molar refractivity (Wildman–Crippen MR) is 80.3 cm³/mol. The Hall–Kier alpha value is -2.04. The van der Waals surface area contributed by atoms with Crippen LogP contribution in [0.4, 0.5) is 0 Å². The molecular formula is C17H19NO3. The highest BCUT2D eigenvalue weighted by Gasteiger charge is 2.23. The SMILES string of the molecule is CC(O)(CNCc1cccc2c1OCO2)c1ccccc1. The van der Waals surface area contributed by atoms with Gasteiger partial charge in [0.05, 0.1) is 5.60 Å². The number of benzene rings is 2. The predicted octanol–water partition coefficient (Wildman–Crippen LogP) is 2.41. The molecule has 1 atom stereocenters. The fourth-order valence-electron chi connectivity index (χ4n) is 2.47. The first kappa shape index (κ1) is 13.9. The summed E-state index contributed by atoms with van der Waals surface area (Å²) in [5.74, 6) is 1.58. The standard InChI is InChI=1S/C17H19NO3/c1-17(19,14-7-3-2-4-8-14)11-18-10-13-6-5-9-15-16(13)21-12-20-15/h2-9,18-19H,10-12H2,1H3. The van der Waals surface area contributed by atoms with Gasteiger partial charge in [-0.1, -0.05) is 42.5 Å². The molecule has 0 saturated carbocycles. The van der Waals surface area contributed by atoms with Gasteiger partial charge in [0.15, 0.2) is 11.5 Å². The van der Waals surface area contributed by atoms with Gasteiger partial charge >= 0.3 is 0 Å². The molecule has 0 radical (unpaired) electrons. The number of fused-ring (bicyclic) bond motifs is 1. The molecule has 0 spiro atoms. The molecule has 1 heterocycles. The van der Waals surface area contributed by atoms with Crippen molar-refractivity contribution in [2.75, 3.05) is 13.3 Å². The van der Waals surface area contributed by atoms with E-state index in [0.29, 0.717) is 13.1 Å². The Morgan fingerprint density at radius 3 is 2.71 bits per heavy atom. The van der Waals surface area contributed by atoms with Crippen molar-refractivity contribution in [3.05, 3.63) is 59.7 Å². The van der Waals surface area contributed by atoms with Crippen molar-refractivity contribution in [2.45, 2.75) is 19.1 Å². The van der Waals surface area contributed by atoms with Crippen molar-refractivity contribution in [1.29, 1.82) is 0 Å². The lowest BCUT2D eigenvalue weighted by Crippen LogP contribution is -2.35. The highest BCUT2D eigenvalue weighted by Crippen LogP contribution is 2.35. The molecule has 1 aliphatic heterocycles. The quantitative estimate of drug-likeness (QED) is 0.886. The number of para-hydroxylation sites is 1. The summed E-state index contributed by atoms with van der Waals surface area (Å²) < 4.78 is 10.8. The van der Waals surface area contributed by atoms with E-state index in [-0.39, 0.29) is 6.79 Å². The molecular weight excluding hydrogens is 266 g/mol. The molecule has 0 aliphatic carbocycles. The first-order valence-corrected chi connectivity index (χ1v) is 7.03. The van der Waals surface area contributed by atoms with Gasteiger partial charge in [0.1, 0.15) is 0 Å². The number of hydrogen-bond acceptors (Lipinski definition) is 4. The average Bonchev–Trinajstić information content (AvgIpc) is 2.97. The second-order valence-corrected chi connectivity index (χ2v) is 5.39. The van der Waals surface area contributed by atoms with Crippen molar-refractivity contribution < 1.29 is 14.6 Å². The van der Waals surface area contributed by atoms with Gasteiger partial charge in [0.2, 0.25) is 6.79 Å². The normalized spacial score (nSPS) is 15.7. The summed E-state index contributed by atoms with van der Waals surface area (Å²) in [6.07, 6.45) is 0. The van der Waals surface area contributed by atoms with E-state index in [2.05, 4.69) is 5.32 Å². The Morgan fingerprint density at radius 1 is 1.10 bits per heavy atom. The van der Waals surface area contributed by atoms with Gasteiger partial charge in [0.25, 0.3) is 0 Å². The molecule has 0 bridgehead atoms. The minimum Gasteiger partial charge on any atom is -0.454 e. The van der Waals surface area contributed by atoms with Crippen LogP contribution in [0.1, 0.15) is 18.1 Å². The highest BCUT2D eigenvalue weighted by atomic mass is 16.7. The largest absolute Gasteiger partial charge is 0.454 e. The fourth-order valence-corrected chi connectivity index (χ4v) is 2.47. The number of ether oxygens (including phenoxy) is 2. The third kappa shape index (κ3) is 3.01. The van der Waals surface area contributed by atoms with Crippen molar-refractivity contribution >= 4 is 0 Å². The summed E-state index contributed by atoms with van der Waals surface area (Å²) in [7, 11) is 0. The van der Waals surface area contributed by atoms with Crippen molar-refractivity contribution in [3.8, 4) is 11.5 Å². The van der Waals surface area contributed by atoms with E-state index >= 15 is 0 Å². The summed E-state index contributed by atoms with van der Waals surface area (Å²) in [6.45, 7) is 3.16. The third-order valence-corrected chi connectivity index (χ3v) is 3.66. The Balaban J connectivity index is 1.63. The van der Waals surface area contributed by atoms with E-state index in [1.54, 1.807) is 0 Å². The van der Waals surface area contributed by atoms with E-state index in [4.69, 9.17) is 9.47 Å². The number of aliphatic hydroxyl groups is 1. The van der Waals surface area contributed by atoms with Crippen LogP contribution in [0.25, 0.3) is 0 Å². The Morgan fingerprint density at radius 2 is 1.90 bits per heavy atom. The molecule has 0 saturated heterocycles. The van der Waals surface area contributed by atoms with Gasteiger partial charge in [0, 0.05) is 18.7 Å².